The Morgan fingerprint density at radius 3 is 2.65 bits per heavy atom. The van der Waals surface area contributed by atoms with Crippen molar-refractivity contribution in [3.63, 3.8) is 0 Å². The van der Waals surface area contributed by atoms with Crippen molar-refractivity contribution >= 4 is 17.6 Å². The maximum atomic E-state index is 12.0. The lowest BCUT2D eigenvalue weighted by atomic mass is 9.98. The largest absolute Gasteiger partial charge is 0.384 e. The Labute approximate surface area is 184 Å². The number of rotatable bonds is 11. The molecule has 3 rings (SSSR count). The monoisotopic (exact) mass is 423 g/mol. The molecular formula is C24H33N5O2. The van der Waals surface area contributed by atoms with Crippen molar-refractivity contribution in [2.45, 2.75) is 45.6 Å². The lowest BCUT2D eigenvalue weighted by molar-refractivity contribution is -0.125. The molecule has 7 nitrogen and oxygen atoms in total. The van der Waals surface area contributed by atoms with Crippen LogP contribution in [0, 0.1) is 12.8 Å². The summed E-state index contributed by atoms with van der Waals surface area (Å²) in [7, 11) is 0. The summed E-state index contributed by atoms with van der Waals surface area (Å²) in [5, 5.41) is 8.61. The van der Waals surface area contributed by atoms with E-state index in [-0.39, 0.29) is 24.9 Å². The third kappa shape index (κ3) is 7.68. The molecule has 1 fully saturated rings. The quantitative estimate of drug-likeness (QED) is 0.442. The molecule has 0 radical (unpaired) electrons. The highest BCUT2D eigenvalue weighted by atomic mass is 16.2. The van der Waals surface area contributed by atoms with Crippen LogP contribution in [0.5, 0.6) is 0 Å². The maximum absolute atomic E-state index is 12.0. The number of pyridine rings is 1. The number of hydrogen-bond donors (Lipinski definition) is 4. The smallest absolute Gasteiger partial charge is 0.239 e. The van der Waals surface area contributed by atoms with Crippen LogP contribution in [0.3, 0.4) is 0 Å². The molecule has 5 N–H and O–H groups in total. The molecule has 166 valence electrons. The maximum Gasteiger partial charge on any atom is 0.239 e. The number of benzene rings is 1. The van der Waals surface area contributed by atoms with Crippen molar-refractivity contribution in [3.8, 4) is 0 Å². The van der Waals surface area contributed by atoms with Gasteiger partial charge in [0.2, 0.25) is 11.8 Å². The normalized spacial score (nSPS) is 14.1. The fraction of sp³-hybridized carbons (Fsp3) is 0.458. The SMILES string of the molecule is Cc1nc(N)ccc1CNC(=O)CNC(=O)CNCC(C)Cc1cccc(C2CC2)c1. The minimum Gasteiger partial charge on any atom is -0.384 e. The lowest BCUT2D eigenvalue weighted by Gasteiger charge is -2.14. The summed E-state index contributed by atoms with van der Waals surface area (Å²) in [5.41, 5.74) is 10.1. The molecule has 0 aliphatic heterocycles. The first-order valence-electron chi connectivity index (χ1n) is 11.0. The van der Waals surface area contributed by atoms with Crippen LogP contribution in [0.1, 0.15) is 48.1 Å². The van der Waals surface area contributed by atoms with Gasteiger partial charge in [0.1, 0.15) is 5.82 Å². The highest BCUT2D eigenvalue weighted by Gasteiger charge is 2.23. The van der Waals surface area contributed by atoms with Gasteiger partial charge in [-0.1, -0.05) is 37.3 Å². The van der Waals surface area contributed by atoms with Crippen LogP contribution in [-0.2, 0) is 22.6 Å². The van der Waals surface area contributed by atoms with E-state index in [0.29, 0.717) is 18.3 Å². The number of carbonyl (C=O) groups excluding carboxylic acids is 2. The van der Waals surface area contributed by atoms with Crippen molar-refractivity contribution in [2.24, 2.45) is 5.92 Å². The van der Waals surface area contributed by atoms with Crippen molar-refractivity contribution in [3.05, 3.63) is 58.8 Å². The van der Waals surface area contributed by atoms with Crippen LogP contribution in [0.4, 0.5) is 5.82 Å². The predicted octanol–water partition coefficient (Wildman–Crippen LogP) is 2.05. The molecule has 1 aliphatic carbocycles. The number of anilines is 1. The zero-order valence-electron chi connectivity index (χ0n) is 18.4. The number of nitrogen functional groups attached to an aromatic ring is 1. The predicted molar refractivity (Wildman–Crippen MR) is 122 cm³/mol. The second-order valence-electron chi connectivity index (χ2n) is 8.49. The first kappa shape index (κ1) is 22.7. The molecule has 0 bridgehead atoms. The highest BCUT2D eigenvalue weighted by molar-refractivity contribution is 5.85. The molecule has 1 saturated carbocycles. The van der Waals surface area contributed by atoms with Gasteiger partial charge in [-0.15, -0.1) is 0 Å². The molecule has 1 atom stereocenters. The summed E-state index contributed by atoms with van der Waals surface area (Å²) in [6.45, 7) is 5.26. The minimum atomic E-state index is -0.242. The zero-order valence-corrected chi connectivity index (χ0v) is 18.4. The van der Waals surface area contributed by atoms with E-state index < -0.39 is 0 Å². The molecule has 7 heteroatoms. The molecule has 0 saturated heterocycles. The van der Waals surface area contributed by atoms with E-state index in [1.165, 1.54) is 24.0 Å². The van der Waals surface area contributed by atoms with Crippen molar-refractivity contribution in [1.82, 2.24) is 20.9 Å². The van der Waals surface area contributed by atoms with E-state index in [0.717, 1.165) is 30.1 Å². The van der Waals surface area contributed by atoms with Gasteiger partial charge in [0.25, 0.3) is 0 Å². The molecule has 2 aromatic rings. The average molecular weight is 424 g/mol. The Hall–Kier alpha value is -2.93. The van der Waals surface area contributed by atoms with Gasteiger partial charge in [-0.3, -0.25) is 9.59 Å². The van der Waals surface area contributed by atoms with Crippen LogP contribution >= 0.6 is 0 Å². The van der Waals surface area contributed by atoms with E-state index in [1.54, 1.807) is 6.07 Å². The minimum absolute atomic E-state index is 0.0501. The average Bonchev–Trinajstić information content (AvgIpc) is 3.57. The van der Waals surface area contributed by atoms with Gasteiger partial charge in [0.15, 0.2) is 0 Å². The summed E-state index contributed by atoms with van der Waals surface area (Å²) in [6.07, 6.45) is 3.61. The van der Waals surface area contributed by atoms with E-state index in [4.69, 9.17) is 5.73 Å². The van der Waals surface area contributed by atoms with Gasteiger partial charge in [-0.05, 0) is 67.3 Å². The summed E-state index contributed by atoms with van der Waals surface area (Å²) in [4.78, 5) is 28.1. The van der Waals surface area contributed by atoms with E-state index in [9.17, 15) is 9.59 Å². The second-order valence-corrected chi connectivity index (χ2v) is 8.49. The number of nitrogens with one attached hydrogen (secondary N) is 3. The van der Waals surface area contributed by atoms with Crippen LogP contribution in [0.2, 0.25) is 0 Å². The van der Waals surface area contributed by atoms with Crippen LogP contribution < -0.4 is 21.7 Å². The van der Waals surface area contributed by atoms with Crippen molar-refractivity contribution in [2.75, 3.05) is 25.4 Å². The number of carbonyl (C=O) groups is 2. The Kier molecular flexibility index (Phi) is 8.00. The van der Waals surface area contributed by atoms with Crippen LogP contribution in [-0.4, -0.2) is 36.4 Å². The summed E-state index contributed by atoms with van der Waals surface area (Å²) < 4.78 is 0. The topological polar surface area (TPSA) is 109 Å². The molecule has 1 aliphatic rings. The van der Waals surface area contributed by atoms with Gasteiger partial charge >= 0.3 is 0 Å². The second kappa shape index (κ2) is 10.9. The van der Waals surface area contributed by atoms with Gasteiger partial charge in [0.05, 0.1) is 13.1 Å². The first-order chi connectivity index (χ1) is 14.9. The Morgan fingerprint density at radius 2 is 1.90 bits per heavy atom. The summed E-state index contributed by atoms with van der Waals surface area (Å²) >= 11 is 0. The van der Waals surface area contributed by atoms with Crippen molar-refractivity contribution < 1.29 is 9.59 Å². The molecule has 0 spiro atoms. The Morgan fingerprint density at radius 1 is 1.13 bits per heavy atom. The molecular weight excluding hydrogens is 390 g/mol. The molecule has 1 unspecified atom stereocenters. The van der Waals surface area contributed by atoms with Gasteiger partial charge in [-0.2, -0.15) is 0 Å². The fourth-order valence-corrected chi connectivity index (χ4v) is 3.59. The van der Waals surface area contributed by atoms with Crippen LogP contribution in [0.15, 0.2) is 36.4 Å². The standard InChI is InChI=1S/C24H33N5O2/c1-16(10-18-4-3-5-20(11-18)19-6-7-19)12-26-14-23(30)28-15-24(31)27-13-21-8-9-22(25)29-17(21)2/h3-5,8-9,11,16,19,26H,6-7,10,12-15H2,1-2H3,(H2,25,29)(H,27,31)(H,28,30). The molecule has 31 heavy (non-hydrogen) atoms. The van der Waals surface area contributed by atoms with Gasteiger partial charge in [-0.25, -0.2) is 4.98 Å². The summed E-state index contributed by atoms with van der Waals surface area (Å²) in [5.74, 6) is 1.20. The number of nitrogens with zero attached hydrogens (tertiary/aromatic N) is 1. The first-order valence-corrected chi connectivity index (χ1v) is 11.0. The summed E-state index contributed by atoms with van der Waals surface area (Å²) in [6, 6.07) is 12.4. The molecule has 1 aromatic heterocycles. The zero-order chi connectivity index (χ0) is 22.2. The molecule has 1 aromatic carbocycles. The Balaban J connectivity index is 1.29. The number of hydrogen-bond acceptors (Lipinski definition) is 5. The van der Waals surface area contributed by atoms with Crippen LogP contribution in [0.25, 0.3) is 0 Å². The third-order valence-electron chi connectivity index (χ3n) is 5.50. The van der Waals surface area contributed by atoms with E-state index in [1.807, 2.05) is 13.0 Å². The van der Waals surface area contributed by atoms with Crippen molar-refractivity contribution in [1.29, 1.82) is 0 Å². The Bertz CT molecular complexity index is 911. The number of aromatic nitrogens is 1. The third-order valence-corrected chi connectivity index (χ3v) is 5.50. The highest BCUT2D eigenvalue weighted by Crippen LogP contribution is 2.40. The van der Waals surface area contributed by atoms with E-state index >= 15 is 0 Å². The fourth-order valence-electron chi connectivity index (χ4n) is 3.59. The number of amides is 2. The van der Waals surface area contributed by atoms with Gasteiger partial charge in [0, 0.05) is 12.2 Å². The molecule has 2 amide bonds. The van der Waals surface area contributed by atoms with E-state index in [2.05, 4.69) is 52.1 Å². The van der Waals surface area contributed by atoms with Gasteiger partial charge < -0.3 is 21.7 Å². The number of aryl methyl sites for hydroxylation is 1. The lowest BCUT2D eigenvalue weighted by Crippen LogP contribution is -2.41. The number of nitrogens with two attached hydrogens (primary N) is 1. The molecule has 1 heterocycles.